The first-order valence-corrected chi connectivity index (χ1v) is 8.34. The lowest BCUT2D eigenvalue weighted by atomic mass is 10.2. The Bertz CT molecular complexity index is 589. The van der Waals surface area contributed by atoms with E-state index in [1.807, 2.05) is 29.6 Å². The van der Waals surface area contributed by atoms with Crippen LogP contribution in [-0.4, -0.2) is 25.2 Å². The lowest BCUT2D eigenvalue weighted by molar-refractivity contribution is 0.0679. The second-order valence-corrected chi connectivity index (χ2v) is 6.26. The van der Waals surface area contributed by atoms with Gasteiger partial charge in [0.15, 0.2) is 0 Å². The summed E-state index contributed by atoms with van der Waals surface area (Å²) in [5.74, 6) is 0.699. The zero-order chi connectivity index (χ0) is 15.2. The lowest BCUT2D eigenvalue weighted by Crippen LogP contribution is -2.22. The fourth-order valence-corrected chi connectivity index (χ4v) is 2.99. The molecule has 0 unspecified atom stereocenters. The van der Waals surface area contributed by atoms with Crippen molar-refractivity contribution in [3.05, 3.63) is 52.2 Å². The number of nitrogens with one attached hydrogen (secondary N) is 1. The van der Waals surface area contributed by atoms with E-state index in [-0.39, 0.29) is 12.0 Å². The van der Waals surface area contributed by atoms with Gasteiger partial charge in [0.1, 0.15) is 12.4 Å². The molecule has 1 N–H and O–H groups in total. The van der Waals surface area contributed by atoms with Crippen molar-refractivity contribution in [3.63, 3.8) is 0 Å². The van der Waals surface area contributed by atoms with Crippen molar-refractivity contribution < 1.29 is 14.3 Å². The van der Waals surface area contributed by atoms with Gasteiger partial charge >= 0.3 is 0 Å². The van der Waals surface area contributed by atoms with Crippen molar-refractivity contribution in [3.8, 4) is 5.75 Å². The van der Waals surface area contributed by atoms with E-state index in [4.69, 9.17) is 9.47 Å². The highest BCUT2D eigenvalue weighted by molar-refractivity contribution is 7.09. The monoisotopic (exact) mass is 317 g/mol. The van der Waals surface area contributed by atoms with Crippen molar-refractivity contribution in [2.45, 2.75) is 25.5 Å². The van der Waals surface area contributed by atoms with Crippen LogP contribution in [0.2, 0.25) is 0 Å². The number of hydrogen-bond donors (Lipinski definition) is 1. The van der Waals surface area contributed by atoms with Crippen LogP contribution >= 0.6 is 11.3 Å². The van der Waals surface area contributed by atoms with E-state index < -0.39 is 0 Å². The molecule has 3 rings (SSSR count). The molecule has 1 aromatic carbocycles. The molecule has 4 nitrogen and oxygen atoms in total. The molecule has 1 fully saturated rings. The molecule has 0 saturated carbocycles. The molecule has 22 heavy (non-hydrogen) atoms. The van der Waals surface area contributed by atoms with Crippen LogP contribution in [0.3, 0.4) is 0 Å². The molecule has 1 aliphatic rings. The van der Waals surface area contributed by atoms with Crippen LogP contribution < -0.4 is 10.1 Å². The summed E-state index contributed by atoms with van der Waals surface area (Å²) in [4.78, 5) is 13.2. The summed E-state index contributed by atoms with van der Waals surface area (Å²) in [5.41, 5.74) is 0.640. The van der Waals surface area contributed by atoms with Crippen molar-refractivity contribution in [2.24, 2.45) is 0 Å². The zero-order valence-electron chi connectivity index (χ0n) is 12.3. The summed E-state index contributed by atoms with van der Waals surface area (Å²) in [6.07, 6.45) is 2.37. The second kappa shape index (κ2) is 7.42. The standard InChI is InChI=1S/C17H19NO3S/c19-17(18-11-16-4-2-10-22-16)13-5-7-14(8-6-13)21-12-15-3-1-9-20-15/h2,4-8,10,15H,1,3,9,11-12H2,(H,18,19)/t15-/m1/s1. The first-order chi connectivity index (χ1) is 10.8. The van der Waals surface area contributed by atoms with Crippen molar-refractivity contribution in [1.82, 2.24) is 5.32 Å². The molecule has 1 atom stereocenters. The van der Waals surface area contributed by atoms with Gasteiger partial charge in [0.05, 0.1) is 12.6 Å². The number of carbonyl (C=O) groups is 1. The molecule has 5 heteroatoms. The van der Waals surface area contributed by atoms with Crippen LogP contribution in [0.25, 0.3) is 0 Å². The van der Waals surface area contributed by atoms with Gasteiger partial charge in [0.2, 0.25) is 0 Å². The molecule has 1 saturated heterocycles. The highest BCUT2D eigenvalue weighted by Gasteiger charge is 2.16. The molecule has 1 aliphatic heterocycles. The third-order valence-corrected chi connectivity index (χ3v) is 4.46. The van der Waals surface area contributed by atoms with E-state index in [0.29, 0.717) is 18.7 Å². The summed E-state index contributed by atoms with van der Waals surface area (Å²) in [6, 6.07) is 11.2. The van der Waals surface area contributed by atoms with Crippen molar-refractivity contribution in [2.75, 3.05) is 13.2 Å². The van der Waals surface area contributed by atoms with Gasteiger partial charge in [0.25, 0.3) is 5.91 Å². The van der Waals surface area contributed by atoms with Gasteiger partial charge in [-0.25, -0.2) is 0 Å². The minimum Gasteiger partial charge on any atom is -0.491 e. The number of carbonyl (C=O) groups excluding carboxylic acids is 1. The summed E-state index contributed by atoms with van der Waals surface area (Å²) in [7, 11) is 0. The Morgan fingerprint density at radius 1 is 1.32 bits per heavy atom. The Kier molecular flexibility index (Phi) is 5.08. The third kappa shape index (κ3) is 4.08. The summed E-state index contributed by atoms with van der Waals surface area (Å²) in [6.45, 7) is 1.97. The molecule has 116 valence electrons. The van der Waals surface area contributed by atoms with E-state index in [2.05, 4.69) is 5.32 Å². The molecule has 0 aliphatic carbocycles. The molecule has 1 aromatic heterocycles. The Balaban J connectivity index is 1.48. The number of ether oxygens (including phenoxy) is 2. The summed E-state index contributed by atoms with van der Waals surface area (Å²) in [5, 5.41) is 4.91. The van der Waals surface area contributed by atoms with Gasteiger partial charge in [-0.05, 0) is 48.6 Å². The number of benzene rings is 1. The average molecular weight is 317 g/mol. The Hall–Kier alpha value is -1.85. The van der Waals surface area contributed by atoms with E-state index in [1.165, 1.54) is 0 Å². The minimum absolute atomic E-state index is 0.0703. The van der Waals surface area contributed by atoms with E-state index in [1.54, 1.807) is 23.5 Å². The molecule has 0 radical (unpaired) electrons. The normalized spacial score (nSPS) is 17.4. The second-order valence-electron chi connectivity index (χ2n) is 5.23. The van der Waals surface area contributed by atoms with Gasteiger partial charge in [-0.1, -0.05) is 6.07 Å². The van der Waals surface area contributed by atoms with Crippen molar-refractivity contribution >= 4 is 17.2 Å². The molecule has 1 amide bonds. The Morgan fingerprint density at radius 2 is 2.18 bits per heavy atom. The Morgan fingerprint density at radius 3 is 2.86 bits per heavy atom. The number of amides is 1. The predicted molar refractivity (Wildman–Crippen MR) is 86.4 cm³/mol. The SMILES string of the molecule is O=C(NCc1cccs1)c1ccc(OC[C@H]2CCCO2)cc1. The average Bonchev–Trinajstić information content (AvgIpc) is 3.24. The zero-order valence-corrected chi connectivity index (χ0v) is 13.1. The van der Waals surface area contributed by atoms with Crippen molar-refractivity contribution in [1.29, 1.82) is 0 Å². The first-order valence-electron chi connectivity index (χ1n) is 7.46. The molecular weight excluding hydrogens is 298 g/mol. The van der Waals surface area contributed by atoms with Crippen LogP contribution in [-0.2, 0) is 11.3 Å². The van der Waals surface area contributed by atoms with Gasteiger partial charge in [-0.3, -0.25) is 4.79 Å². The largest absolute Gasteiger partial charge is 0.491 e. The van der Waals surface area contributed by atoms with Gasteiger partial charge in [0, 0.05) is 17.0 Å². The number of rotatable bonds is 6. The maximum Gasteiger partial charge on any atom is 0.251 e. The van der Waals surface area contributed by atoms with E-state index >= 15 is 0 Å². The van der Waals surface area contributed by atoms with Crippen LogP contribution in [0.15, 0.2) is 41.8 Å². The van der Waals surface area contributed by atoms with Crippen LogP contribution in [0.5, 0.6) is 5.75 Å². The number of thiophene rings is 1. The smallest absolute Gasteiger partial charge is 0.251 e. The summed E-state index contributed by atoms with van der Waals surface area (Å²) >= 11 is 1.63. The predicted octanol–water partition coefficient (Wildman–Crippen LogP) is 3.24. The maximum absolute atomic E-state index is 12.1. The van der Waals surface area contributed by atoms with E-state index in [0.717, 1.165) is 30.1 Å². The van der Waals surface area contributed by atoms with Gasteiger partial charge < -0.3 is 14.8 Å². The maximum atomic E-state index is 12.1. The fraction of sp³-hybridized carbons (Fsp3) is 0.353. The molecule has 0 bridgehead atoms. The molecular formula is C17H19NO3S. The molecule has 2 heterocycles. The summed E-state index contributed by atoms with van der Waals surface area (Å²) < 4.78 is 11.2. The third-order valence-electron chi connectivity index (χ3n) is 3.58. The Labute approximate surface area is 134 Å². The highest BCUT2D eigenvalue weighted by Crippen LogP contribution is 2.17. The quantitative estimate of drug-likeness (QED) is 0.890. The molecule has 0 spiro atoms. The number of hydrogen-bond acceptors (Lipinski definition) is 4. The first kappa shape index (κ1) is 15.1. The van der Waals surface area contributed by atoms with Crippen LogP contribution in [0.4, 0.5) is 0 Å². The highest BCUT2D eigenvalue weighted by atomic mass is 32.1. The van der Waals surface area contributed by atoms with Gasteiger partial charge in [-0.2, -0.15) is 0 Å². The topological polar surface area (TPSA) is 47.6 Å². The van der Waals surface area contributed by atoms with E-state index in [9.17, 15) is 4.79 Å². The minimum atomic E-state index is -0.0703. The molecule has 2 aromatic rings. The lowest BCUT2D eigenvalue weighted by Gasteiger charge is -2.11. The van der Waals surface area contributed by atoms with Crippen LogP contribution in [0.1, 0.15) is 28.1 Å². The van der Waals surface area contributed by atoms with Gasteiger partial charge in [-0.15, -0.1) is 11.3 Å². The fourth-order valence-electron chi connectivity index (χ4n) is 2.35. The van der Waals surface area contributed by atoms with Crippen LogP contribution in [0, 0.1) is 0 Å².